The maximum absolute atomic E-state index is 5.79. The molecule has 0 aliphatic heterocycles. The van der Waals surface area contributed by atoms with E-state index in [0.29, 0.717) is 0 Å². The van der Waals surface area contributed by atoms with Gasteiger partial charge in [0, 0.05) is 11.4 Å². The average Bonchev–Trinajstić information content (AvgIpc) is 2.34. The maximum atomic E-state index is 5.79. The summed E-state index contributed by atoms with van der Waals surface area (Å²) in [5.74, 6) is 5.79. The molecule has 3 N–H and O–H groups in total. The molecule has 0 aliphatic rings. The molecule has 2 rings (SSSR count). The number of pyridine rings is 1. The summed E-state index contributed by atoms with van der Waals surface area (Å²) in [6, 6.07) is 10.5. The molecule has 0 fully saturated rings. The highest BCUT2D eigenvalue weighted by Gasteiger charge is 2.16. The summed E-state index contributed by atoms with van der Waals surface area (Å²) in [6.45, 7) is 8.27. The van der Waals surface area contributed by atoms with E-state index in [4.69, 9.17) is 5.84 Å². The topological polar surface area (TPSA) is 50.9 Å². The highest BCUT2D eigenvalue weighted by molar-refractivity contribution is 5.41. The van der Waals surface area contributed by atoms with E-state index in [-0.39, 0.29) is 6.04 Å². The van der Waals surface area contributed by atoms with E-state index in [2.05, 4.69) is 54.6 Å². The zero-order chi connectivity index (χ0) is 14.0. The number of hydrazine groups is 1. The molecule has 1 unspecified atom stereocenters. The van der Waals surface area contributed by atoms with Crippen molar-refractivity contribution in [1.82, 2.24) is 10.4 Å². The Hall–Kier alpha value is -1.71. The van der Waals surface area contributed by atoms with E-state index < -0.39 is 0 Å². The monoisotopic (exact) mass is 255 g/mol. The van der Waals surface area contributed by atoms with Crippen LogP contribution in [0.5, 0.6) is 0 Å². The smallest absolute Gasteiger partial charge is 0.0714 e. The molecule has 100 valence electrons. The Morgan fingerprint density at radius 1 is 1.05 bits per heavy atom. The van der Waals surface area contributed by atoms with Crippen molar-refractivity contribution in [1.29, 1.82) is 0 Å². The molecule has 2 aromatic rings. The molecule has 1 aromatic heterocycles. The van der Waals surface area contributed by atoms with Crippen molar-refractivity contribution in [3.8, 4) is 0 Å². The van der Waals surface area contributed by atoms with Crippen LogP contribution in [-0.4, -0.2) is 4.98 Å². The Balaban J connectivity index is 2.53. The number of nitrogens with zero attached hydrogens (tertiary/aromatic N) is 1. The van der Waals surface area contributed by atoms with Crippen molar-refractivity contribution in [3.05, 3.63) is 64.0 Å². The van der Waals surface area contributed by atoms with Crippen LogP contribution in [0.1, 0.15) is 39.7 Å². The second kappa shape index (κ2) is 5.51. The predicted molar refractivity (Wildman–Crippen MR) is 78.8 cm³/mol. The van der Waals surface area contributed by atoms with E-state index >= 15 is 0 Å². The van der Waals surface area contributed by atoms with Crippen molar-refractivity contribution in [3.63, 3.8) is 0 Å². The number of aromatic nitrogens is 1. The molecule has 0 saturated carbocycles. The lowest BCUT2D eigenvalue weighted by atomic mass is 9.93. The lowest BCUT2D eigenvalue weighted by Gasteiger charge is -2.21. The van der Waals surface area contributed by atoms with Gasteiger partial charge in [0.1, 0.15) is 0 Å². The van der Waals surface area contributed by atoms with Crippen LogP contribution in [0.3, 0.4) is 0 Å². The normalized spacial score (nSPS) is 12.5. The van der Waals surface area contributed by atoms with E-state index in [1.54, 1.807) is 0 Å². The van der Waals surface area contributed by atoms with Crippen molar-refractivity contribution in [2.45, 2.75) is 33.7 Å². The molecule has 3 heteroatoms. The number of hydrogen-bond acceptors (Lipinski definition) is 3. The molecule has 0 amide bonds. The second-order valence-corrected chi connectivity index (χ2v) is 5.07. The molecule has 1 atom stereocenters. The highest BCUT2D eigenvalue weighted by atomic mass is 15.2. The summed E-state index contributed by atoms with van der Waals surface area (Å²) in [4.78, 5) is 4.42. The molecular formula is C16H21N3. The van der Waals surface area contributed by atoms with E-state index in [0.717, 1.165) is 17.0 Å². The SMILES string of the molecule is Cc1cc(C(NN)c2cccc(C)c2C)cc(C)n1. The zero-order valence-electron chi connectivity index (χ0n) is 12.0. The third-order valence-corrected chi connectivity index (χ3v) is 3.56. The van der Waals surface area contributed by atoms with E-state index in [1.165, 1.54) is 16.7 Å². The van der Waals surface area contributed by atoms with Crippen LogP contribution in [0.25, 0.3) is 0 Å². The fraction of sp³-hybridized carbons (Fsp3) is 0.312. The Morgan fingerprint density at radius 3 is 2.26 bits per heavy atom. The number of rotatable bonds is 3. The van der Waals surface area contributed by atoms with Crippen molar-refractivity contribution in [2.24, 2.45) is 5.84 Å². The first-order chi connectivity index (χ1) is 9.02. The van der Waals surface area contributed by atoms with E-state index in [9.17, 15) is 0 Å². The lowest BCUT2D eigenvalue weighted by molar-refractivity contribution is 0.631. The molecule has 0 saturated heterocycles. The first-order valence-electron chi connectivity index (χ1n) is 6.50. The Morgan fingerprint density at radius 2 is 1.68 bits per heavy atom. The van der Waals surface area contributed by atoms with Gasteiger partial charge in [-0.15, -0.1) is 0 Å². The molecular weight excluding hydrogens is 234 g/mol. The number of aryl methyl sites for hydroxylation is 3. The standard InChI is InChI=1S/C16H21N3/c1-10-6-5-7-15(13(10)4)16(19-17)14-8-11(2)18-12(3)9-14/h5-9,16,19H,17H2,1-4H3. The van der Waals surface area contributed by atoms with Gasteiger partial charge in [0.2, 0.25) is 0 Å². The van der Waals surface area contributed by atoms with Gasteiger partial charge in [-0.1, -0.05) is 18.2 Å². The number of nitrogens with one attached hydrogen (secondary N) is 1. The van der Waals surface area contributed by atoms with Gasteiger partial charge in [0.15, 0.2) is 0 Å². The van der Waals surface area contributed by atoms with Crippen LogP contribution in [0.4, 0.5) is 0 Å². The van der Waals surface area contributed by atoms with Gasteiger partial charge in [-0.25, -0.2) is 5.43 Å². The quantitative estimate of drug-likeness (QED) is 0.655. The molecule has 3 nitrogen and oxygen atoms in total. The first-order valence-corrected chi connectivity index (χ1v) is 6.50. The fourth-order valence-corrected chi connectivity index (χ4v) is 2.49. The zero-order valence-corrected chi connectivity index (χ0v) is 12.0. The van der Waals surface area contributed by atoms with Crippen molar-refractivity contribution in [2.75, 3.05) is 0 Å². The van der Waals surface area contributed by atoms with Crippen LogP contribution in [0, 0.1) is 27.7 Å². The summed E-state index contributed by atoms with van der Waals surface area (Å²) in [5, 5.41) is 0. The second-order valence-electron chi connectivity index (χ2n) is 5.07. The van der Waals surface area contributed by atoms with Gasteiger partial charge in [-0.2, -0.15) is 0 Å². The summed E-state index contributed by atoms with van der Waals surface area (Å²) in [6.07, 6.45) is 0. The summed E-state index contributed by atoms with van der Waals surface area (Å²) >= 11 is 0. The third-order valence-electron chi connectivity index (χ3n) is 3.56. The number of benzene rings is 1. The van der Waals surface area contributed by atoms with Crippen LogP contribution in [-0.2, 0) is 0 Å². The molecule has 0 bridgehead atoms. The fourth-order valence-electron chi connectivity index (χ4n) is 2.49. The molecule has 1 aromatic carbocycles. The van der Waals surface area contributed by atoms with E-state index in [1.807, 2.05) is 13.8 Å². The van der Waals surface area contributed by atoms with Gasteiger partial charge >= 0.3 is 0 Å². The third kappa shape index (κ3) is 2.83. The number of nitrogens with two attached hydrogens (primary N) is 1. The van der Waals surface area contributed by atoms with Gasteiger partial charge in [-0.3, -0.25) is 10.8 Å². The largest absolute Gasteiger partial charge is 0.271 e. The minimum Gasteiger partial charge on any atom is -0.271 e. The number of hydrogen-bond donors (Lipinski definition) is 2. The Bertz CT molecular complexity index is 570. The summed E-state index contributed by atoms with van der Waals surface area (Å²) < 4.78 is 0. The van der Waals surface area contributed by atoms with Gasteiger partial charge < -0.3 is 0 Å². The molecule has 1 heterocycles. The van der Waals surface area contributed by atoms with Gasteiger partial charge in [0.25, 0.3) is 0 Å². The molecule has 0 spiro atoms. The minimum atomic E-state index is 0.000278. The highest BCUT2D eigenvalue weighted by Crippen LogP contribution is 2.26. The molecule has 0 aliphatic carbocycles. The van der Waals surface area contributed by atoms with Crippen molar-refractivity contribution >= 4 is 0 Å². The maximum Gasteiger partial charge on any atom is 0.0714 e. The van der Waals surface area contributed by atoms with Crippen LogP contribution in [0.2, 0.25) is 0 Å². The van der Waals surface area contributed by atoms with Gasteiger partial charge in [-0.05, 0) is 62.1 Å². The molecule has 19 heavy (non-hydrogen) atoms. The average molecular weight is 255 g/mol. The predicted octanol–water partition coefficient (Wildman–Crippen LogP) is 2.87. The summed E-state index contributed by atoms with van der Waals surface area (Å²) in [7, 11) is 0. The minimum absolute atomic E-state index is 0.000278. The Kier molecular flexibility index (Phi) is 3.98. The van der Waals surface area contributed by atoms with Crippen LogP contribution < -0.4 is 11.3 Å². The summed E-state index contributed by atoms with van der Waals surface area (Å²) in [5.41, 5.74) is 9.88. The molecule has 0 radical (unpaired) electrons. The van der Waals surface area contributed by atoms with Gasteiger partial charge in [0.05, 0.1) is 6.04 Å². The Labute approximate surface area is 114 Å². The van der Waals surface area contributed by atoms with Crippen molar-refractivity contribution < 1.29 is 0 Å². The van der Waals surface area contributed by atoms with Crippen LogP contribution in [0.15, 0.2) is 30.3 Å². The van der Waals surface area contributed by atoms with Crippen LogP contribution >= 0.6 is 0 Å². The lowest BCUT2D eigenvalue weighted by Crippen LogP contribution is -2.29. The first kappa shape index (κ1) is 13.7.